The summed E-state index contributed by atoms with van der Waals surface area (Å²) in [5, 5.41) is 14.0. The van der Waals surface area contributed by atoms with Gasteiger partial charge in [0.15, 0.2) is 0 Å². The third-order valence-corrected chi connectivity index (χ3v) is 4.38. The Balaban J connectivity index is 1.51. The van der Waals surface area contributed by atoms with Crippen LogP contribution in [-0.2, 0) is 4.79 Å². The van der Waals surface area contributed by atoms with Crippen LogP contribution in [0, 0.1) is 6.92 Å². The molecule has 6 nitrogen and oxygen atoms in total. The molecule has 122 valence electrons. The maximum atomic E-state index is 12.1. The largest absolute Gasteiger partial charge is 0.326 e. The van der Waals surface area contributed by atoms with Crippen molar-refractivity contribution < 1.29 is 4.79 Å². The quantitative estimate of drug-likeness (QED) is 0.699. The molecule has 0 unspecified atom stereocenters. The van der Waals surface area contributed by atoms with Crippen molar-refractivity contribution in [2.45, 2.75) is 18.2 Å². The van der Waals surface area contributed by atoms with Crippen LogP contribution >= 0.6 is 11.8 Å². The summed E-state index contributed by atoms with van der Waals surface area (Å²) < 4.78 is 1.54. The smallest absolute Gasteiger partial charge is 0.225 e. The normalized spacial score (nSPS) is 10.5. The van der Waals surface area contributed by atoms with Gasteiger partial charge in [0.25, 0.3) is 0 Å². The predicted molar refractivity (Wildman–Crippen MR) is 94.3 cm³/mol. The van der Waals surface area contributed by atoms with Gasteiger partial charge in [0.2, 0.25) is 5.91 Å². The van der Waals surface area contributed by atoms with Gasteiger partial charge in [-0.25, -0.2) is 4.68 Å². The van der Waals surface area contributed by atoms with Gasteiger partial charge in [0.1, 0.15) is 6.33 Å². The average Bonchev–Trinajstić information content (AvgIpc) is 3.11. The zero-order chi connectivity index (χ0) is 16.8. The van der Waals surface area contributed by atoms with Gasteiger partial charge in [-0.1, -0.05) is 23.8 Å². The molecule has 1 aromatic heterocycles. The number of anilines is 1. The minimum Gasteiger partial charge on any atom is -0.326 e. The number of hydrogen-bond donors (Lipinski definition) is 1. The van der Waals surface area contributed by atoms with Crippen LogP contribution in [0.3, 0.4) is 0 Å². The maximum absolute atomic E-state index is 12.1. The van der Waals surface area contributed by atoms with Crippen molar-refractivity contribution in [2.75, 3.05) is 11.1 Å². The first-order valence-electron chi connectivity index (χ1n) is 7.53. The molecule has 1 heterocycles. The second kappa shape index (κ2) is 7.74. The molecule has 1 N–H and O–H groups in total. The van der Waals surface area contributed by atoms with E-state index in [-0.39, 0.29) is 5.91 Å². The lowest BCUT2D eigenvalue weighted by atomic mass is 10.2. The molecule has 0 aliphatic heterocycles. The molecule has 0 atom stereocenters. The van der Waals surface area contributed by atoms with E-state index in [9.17, 15) is 4.79 Å². The summed E-state index contributed by atoms with van der Waals surface area (Å²) in [6.07, 6.45) is 1.97. The standard InChI is InChI=1S/C17H17N5OS/c1-13-5-7-16(8-6-13)24-10-9-17(23)19-14-3-2-4-15(11-14)22-12-18-20-21-22/h2-8,11-12H,9-10H2,1H3,(H,19,23). The first-order chi connectivity index (χ1) is 11.7. The number of rotatable bonds is 6. The van der Waals surface area contributed by atoms with Crippen LogP contribution in [0.1, 0.15) is 12.0 Å². The molecular formula is C17H17N5OS. The van der Waals surface area contributed by atoms with Crippen molar-refractivity contribution in [1.29, 1.82) is 0 Å². The van der Waals surface area contributed by atoms with Gasteiger partial charge in [-0.05, 0) is 47.7 Å². The van der Waals surface area contributed by atoms with Crippen LogP contribution in [0.15, 0.2) is 59.8 Å². The molecule has 3 aromatic rings. The minimum absolute atomic E-state index is 0.0107. The Labute approximate surface area is 144 Å². The number of tetrazole rings is 1. The Hall–Kier alpha value is -2.67. The van der Waals surface area contributed by atoms with Crippen molar-refractivity contribution in [3.05, 3.63) is 60.4 Å². The number of thioether (sulfide) groups is 1. The monoisotopic (exact) mass is 339 g/mol. The number of aromatic nitrogens is 4. The number of hydrogen-bond acceptors (Lipinski definition) is 5. The topological polar surface area (TPSA) is 72.7 Å². The summed E-state index contributed by atoms with van der Waals surface area (Å²) >= 11 is 1.68. The lowest BCUT2D eigenvalue weighted by Gasteiger charge is -2.07. The number of nitrogens with zero attached hydrogens (tertiary/aromatic N) is 4. The highest BCUT2D eigenvalue weighted by molar-refractivity contribution is 7.99. The molecule has 0 radical (unpaired) electrons. The summed E-state index contributed by atoms with van der Waals surface area (Å²) in [6, 6.07) is 15.7. The van der Waals surface area contributed by atoms with Gasteiger partial charge in [-0.2, -0.15) is 0 Å². The number of amides is 1. The molecular weight excluding hydrogens is 322 g/mol. The molecule has 7 heteroatoms. The van der Waals surface area contributed by atoms with Crippen LogP contribution in [0.4, 0.5) is 5.69 Å². The minimum atomic E-state index is -0.0107. The van der Waals surface area contributed by atoms with Gasteiger partial charge in [-0.3, -0.25) is 4.79 Å². The van der Waals surface area contributed by atoms with Crippen LogP contribution in [0.25, 0.3) is 5.69 Å². The van der Waals surface area contributed by atoms with E-state index < -0.39 is 0 Å². The van der Waals surface area contributed by atoms with E-state index in [2.05, 4.69) is 52.0 Å². The van der Waals surface area contributed by atoms with E-state index in [1.54, 1.807) is 16.4 Å². The second-order valence-corrected chi connectivity index (χ2v) is 6.43. The van der Waals surface area contributed by atoms with Crippen LogP contribution < -0.4 is 5.32 Å². The molecule has 0 bridgehead atoms. The molecule has 0 aliphatic carbocycles. The Morgan fingerprint density at radius 2 is 2.04 bits per heavy atom. The van der Waals surface area contributed by atoms with Crippen LogP contribution in [0.2, 0.25) is 0 Å². The number of carbonyl (C=O) groups is 1. The summed E-state index contributed by atoms with van der Waals surface area (Å²) in [5.74, 6) is 0.727. The highest BCUT2D eigenvalue weighted by atomic mass is 32.2. The molecule has 0 saturated heterocycles. The van der Waals surface area contributed by atoms with E-state index >= 15 is 0 Å². The number of carbonyl (C=O) groups excluding carboxylic acids is 1. The fourth-order valence-electron chi connectivity index (χ4n) is 2.13. The molecule has 0 fully saturated rings. The molecule has 24 heavy (non-hydrogen) atoms. The zero-order valence-corrected chi connectivity index (χ0v) is 14.0. The van der Waals surface area contributed by atoms with Crippen molar-refractivity contribution in [2.24, 2.45) is 0 Å². The molecule has 1 amide bonds. The highest BCUT2D eigenvalue weighted by Gasteiger charge is 2.05. The third-order valence-electron chi connectivity index (χ3n) is 3.36. The first kappa shape index (κ1) is 16.2. The van der Waals surface area contributed by atoms with Crippen LogP contribution in [-0.4, -0.2) is 31.9 Å². The zero-order valence-electron chi connectivity index (χ0n) is 13.2. The van der Waals surface area contributed by atoms with Gasteiger partial charge in [-0.15, -0.1) is 16.9 Å². The SMILES string of the molecule is Cc1ccc(SCCC(=O)Nc2cccc(-n3cnnn3)c2)cc1. The van der Waals surface area contributed by atoms with E-state index in [0.29, 0.717) is 6.42 Å². The van der Waals surface area contributed by atoms with Gasteiger partial charge >= 0.3 is 0 Å². The third kappa shape index (κ3) is 4.42. The second-order valence-electron chi connectivity index (χ2n) is 5.26. The average molecular weight is 339 g/mol. The van der Waals surface area contributed by atoms with Crippen molar-refractivity contribution >= 4 is 23.4 Å². The summed E-state index contributed by atoms with van der Waals surface area (Å²) in [5.41, 5.74) is 2.76. The number of aryl methyl sites for hydroxylation is 1. The van der Waals surface area contributed by atoms with E-state index in [0.717, 1.165) is 17.1 Å². The van der Waals surface area contributed by atoms with E-state index in [1.165, 1.54) is 16.8 Å². The lowest BCUT2D eigenvalue weighted by Crippen LogP contribution is -2.12. The number of benzene rings is 2. The molecule has 0 spiro atoms. The molecule has 2 aromatic carbocycles. The Bertz CT molecular complexity index is 802. The molecule has 3 rings (SSSR count). The molecule has 0 saturated carbocycles. The fraction of sp³-hybridized carbons (Fsp3) is 0.176. The number of nitrogens with one attached hydrogen (secondary N) is 1. The summed E-state index contributed by atoms with van der Waals surface area (Å²) in [4.78, 5) is 13.3. The maximum Gasteiger partial charge on any atom is 0.225 e. The van der Waals surface area contributed by atoms with Crippen molar-refractivity contribution in [3.63, 3.8) is 0 Å². The van der Waals surface area contributed by atoms with Gasteiger partial charge in [0, 0.05) is 22.8 Å². The highest BCUT2D eigenvalue weighted by Crippen LogP contribution is 2.19. The predicted octanol–water partition coefficient (Wildman–Crippen LogP) is 3.09. The van der Waals surface area contributed by atoms with Crippen LogP contribution in [0.5, 0.6) is 0 Å². The first-order valence-corrected chi connectivity index (χ1v) is 8.52. The van der Waals surface area contributed by atoms with Gasteiger partial charge < -0.3 is 5.32 Å². The summed E-state index contributed by atoms with van der Waals surface area (Å²) in [6.45, 7) is 2.06. The molecule has 0 aliphatic rings. The van der Waals surface area contributed by atoms with E-state index in [1.807, 2.05) is 24.3 Å². The fourth-order valence-corrected chi connectivity index (χ4v) is 2.98. The van der Waals surface area contributed by atoms with Crippen molar-refractivity contribution in [3.8, 4) is 5.69 Å². The van der Waals surface area contributed by atoms with Crippen molar-refractivity contribution in [1.82, 2.24) is 20.2 Å². The summed E-state index contributed by atoms with van der Waals surface area (Å²) in [7, 11) is 0. The van der Waals surface area contributed by atoms with Gasteiger partial charge in [0.05, 0.1) is 5.69 Å². The Kier molecular flexibility index (Phi) is 5.22. The Morgan fingerprint density at radius 1 is 1.21 bits per heavy atom. The van der Waals surface area contributed by atoms with E-state index in [4.69, 9.17) is 0 Å². The lowest BCUT2D eigenvalue weighted by molar-refractivity contribution is -0.115. The Morgan fingerprint density at radius 3 is 2.79 bits per heavy atom.